The van der Waals surface area contributed by atoms with Crippen molar-refractivity contribution in [3.05, 3.63) is 41.8 Å². The average molecular weight is 177 g/mol. The van der Waals surface area contributed by atoms with E-state index in [0.29, 0.717) is 12.1 Å². The van der Waals surface area contributed by atoms with Gasteiger partial charge in [0.25, 0.3) is 0 Å². The fourth-order valence-electron chi connectivity index (χ4n) is 1.14. The molecule has 0 aliphatic carbocycles. The predicted molar refractivity (Wildman–Crippen MR) is 52.0 cm³/mol. The highest BCUT2D eigenvalue weighted by Gasteiger charge is 2.05. The smallest absolute Gasteiger partial charge is 0.248 e. The van der Waals surface area contributed by atoms with E-state index < -0.39 is 5.91 Å². The van der Waals surface area contributed by atoms with E-state index in [1.54, 1.807) is 12.1 Å². The molecule has 0 saturated carbocycles. The summed E-state index contributed by atoms with van der Waals surface area (Å²) in [6, 6.07) is 7.23. The largest absolute Gasteiger partial charge is 0.366 e. The fourth-order valence-corrected chi connectivity index (χ4v) is 1.14. The highest BCUT2D eigenvalue weighted by Crippen LogP contribution is 2.11. The summed E-state index contributed by atoms with van der Waals surface area (Å²) in [4.78, 5) is 11.0. The Morgan fingerprint density at radius 2 is 2.08 bits per heavy atom. The summed E-state index contributed by atoms with van der Waals surface area (Å²) in [5.41, 5.74) is 12.0. The van der Waals surface area contributed by atoms with Crippen LogP contribution in [0.1, 0.15) is 22.3 Å². The molecule has 0 fully saturated rings. The van der Waals surface area contributed by atoms with Crippen LogP contribution in [-0.4, -0.2) is 12.5 Å². The van der Waals surface area contributed by atoms with E-state index in [1.165, 1.54) is 0 Å². The standard InChI is InChI=1S/C10H13N2O/c11-7-3-5-8-4-1-2-6-9(8)10(12)13/h1-2,4-6H,3,7,11H2,(H2,12,13). The van der Waals surface area contributed by atoms with E-state index >= 15 is 0 Å². The molecule has 0 unspecified atom stereocenters. The SMILES string of the molecule is NCC[CH]c1ccccc1C(N)=O. The van der Waals surface area contributed by atoms with Gasteiger partial charge in [0.1, 0.15) is 0 Å². The van der Waals surface area contributed by atoms with Crippen LogP contribution in [0.3, 0.4) is 0 Å². The van der Waals surface area contributed by atoms with Gasteiger partial charge in [-0.15, -0.1) is 0 Å². The van der Waals surface area contributed by atoms with Crippen LogP contribution in [0.25, 0.3) is 0 Å². The van der Waals surface area contributed by atoms with E-state index in [9.17, 15) is 4.79 Å². The molecule has 0 bridgehead atoms. The maximum absolute atomic E-state index is 11.0. The lowest BCUT2D eigenvalue weighted by Gasteiger charge is -2.04. The zero-order chi connectivity index (χ0) is 9.68. The zero-order valence-corrected chi connectivity index (χ0v) is 7.36. The maximum atomic E-state index is 11.0. The molecule has 0 aromatic heterocycles. The van der Waals surface area contributed by atoms with E-state index in [-0.39, 0.29) is 0 Å². The number of hydrogen-bond donors (Lipinski definition) is 2. The minimum Gasteiger partial charge on any atom is -0.366 e. The van der Waals surface area contributed by atoms with Gasteiger partial charge in [0.15, 0.2) is 0 Å². The van der Waals surface area contributed by atoms with Crippen molar-refractivity contribution < 1.29 is 4.79 Å². The molecular weight excluding hydrogens is 164 g/mol. The molecule has 69 valence electrons. The summed E-state index contributed by atoms with van der Waals surface area (Å²) in [6.45, 7) is 0.576. The van der Waals surface area contributed by atoms with Crippen LogP contribution in [0, 0.1) is 6.42 Å². The predicted octanol–water partition coefficient (Wildman–Crippen LogP) is 0.687. The van der Waals surface area contributed by atoms with Crippen LogP contribution in [0.4, 0.5) is 0 Å². The molecule has 1 radical (unpaired) electrons. The Kier molecular flexibility index (Phi) is 3.46. The number of amides is 1. The summed E-state index contributed by atoms with van der Waals surface area (Å²) in [7, 11) is 0. The van der Waals surface area contributed by atoms with Crippen molar-refractivity contribution in [2.24, 2.45) is 11.5 Å². The molecule has 1 amide bonds. The van der Waals surface area contributed by atoms with E-state index in [2.05, 4.69) is 0 Å². The number of benzene rings is 1. The monoisotopic (exact) mass is 177 g/mol. The average Bonchev–Trinajstić information content (AvgIpc) is 2.15. The number of hydrogen-bond acceptors (Lipinski definition) is 2. The zero-order valence-electron chi connectivity index (χ0n) is 7.36. The van der Waals surface area contributed by atoms with Gasteiger partial charge in [0.05, 0.1) is 0 Å². The lowest BCUT2D eigenvalue weighted by atomic mass is 10.0. The number of carbonyl (C=O) groups excluding carboxylic acids is 1. The van der Waals surface area contributed by atoms with Gasteiger partial charge in [-0.1, -0.05) is 18.2 Å². The van der Waals surface area contributed by atoms with Gasteiger partial charge in [-0.05, 0) is 31.0 Å². The number of rotatable bonds is 4. The molecule has 4 N–H and O–H groups in total. The fraction of sp³-hybridized carbons (Fsp3) is 0.200. The van der Waals surface area contributed by atoms with Crippen LogP contribution in [-0.2, 0) is 0 Å². The second-order valence-corrected chi connectivity index (χ2v) is 2.73. The Balaban J connectivity index is 2.84. The van der Waals surface area contributed by atoms with Crippen molar-refractivity contribution in [3.63, 3.8) is 0 Å². The minimum absolute atomic E-state index is 0.399. The molecule has 13 heavy (non-hydrogen) atoms. The van der Waals surface area contributed by atoms with E-state index in [1.807, 2.05) is 18.6 Å². The third-order valence-corrected chi connectivity index (χ3v) is 1.76. The van der Waals surface area contributed by atoms with Crippen molar-refractivity contribution in [1.82, 2.24) is 0 Å². The number of carbonyl (C=O) groups is 1. The van der Waals surface area contributed by atoms with E-state index in [4.69, 9.17) is 11.5 Å². The van der Waals surface area contributed by atoms with Gasteiger partial charge in [-0.25, -0.2) is 0 Å². The summed E-state index contributed by atoms with van der Waals surface area (Å²) in [5.74, 6) is -0.399. The Morgan fingerprint density at radius 1 is 1.38 bits per heavy atom. The molecule has 0 aliphatic rings. The van der Waals surface area contributed by atoms with Gasteiger partial charge in [-0.3, -0.25) is 4.79 Å². The van der Waals surface area contributed by atoms with Crippen molar-refractivity contribution in [2.45, 2.75) is 6.42 Å². The number of nitrogens with two attached hydrogens (primary N) is 2. The molecule has 3 nitrogen and oxygen atoms in total. The van der Waals surface area contributed by atoms with E-state index in [0.717, 1.165) is 12.0 Å². The van der Waals surface area contributed by atoms with Crippen LogP contribution in [0.2, 0.25) is 0 Å². The molecular formula is C10H13N2O. The second-order valence-electron chi connectivity index (χ2n) is 2.73. The van der Waals surface area contributed by atoms with Gasteiger partial charge in [0, 0.05) is 5.56 Å². The topological polar surface area (TPSA) is 69.1 Å². The second kappa shape index (κ2) is 4.62. The summed E-state index contributed by atoms with van der Waals surface area (Å²) < 4.78 is 0. The molecule has 1 rings (SSSR count). The van der Waals surface area contributed by atoms with Crippen molar-refractivity contribution in [1.29, 1.82) is 0 Å². The summed E-state index contributed by atoms with van der Waals surface area (Å²) >= 11 is 0. The van der Waals surface area contributed by atoms with Crippen molar-refractivity contribution in [2.75, 3.05) is 6.54 Å². The molecule has 0 heterocycles. The normalized spacial score (nSPS) is 9.92. The van der Waals surface area contributed by atoms with Gasteiger partial charge >= 0.3 is 0 Å². The lowest BCUT2D eigenvalue weighted by molar-refractivity contribution is 0.1000. The Hall–Kier alpha value is -1.35. The molecule has 0 aliphatic heterocycles. The van der Waals surface area contributed by atoms with Crippen LogP contribution >= 0.6 is 0 Å². The Morgan fingerprint density at radius 3 is 2.69 bits per heavy atom. The van der Waals surface area contributed by atoms with Crippen LogP contribution < -0.4 is 11.5 Å². The molecule has 1 aromatic rings. The van der Waals surface area contributed by atoms with Gasteiger partial charge in [-0.2, -0.15) is 0 Å². The highest BCUT2D eigenvalue weighted by atomic mass is 16.1. The molecule has 0 saturated heterocycles. The van der Waals surface area contributed by atoms with Crippen molar-refractivity contribution >= 4 is 5.91 Å². The lowest BCUT2D eigenvalue weighted by Crippen LogP contribution is -2.13. The molecule has 3 heteroatoms. The van der Waals surface area contributed by atoms with Crippen LogP contribution in [0.5, 0.6) is 0 Å². The third-order valence-electron chi connectivity index (χ3n) is 1.76. The Labute approximate surface area is 77.7 Å². The Bertz CT molecular complexity index is 297. The number of primary amides is 1. The summed E-state index contributed by atoms with van der Waals surface area (Å²) in [6.07, 6.45) is 2.67. The maximum Gasteiger partial charge on any atom is 0.248 e. The first-order valence-electron chi connectivity index (χ1n) is 4.18. The molecule has 1 aromatic carbocycles. The molecule has 0 atom stereocenters. The van der Waals surface area contributed by atoms with Gasteiger partial charge < -0.3 is 11.5 Å². The quantitative estimate of drug-likeness (QED) is 0.710. The van der Waals surface area contributed by atoms with Crippen molar-refractivity contribution in [3.8, 4) is 0 Å². The molecule has 0 spiro atoms. The minimum atomic E-state index is -0.399. The first-order chi connectivity index (χ1) is 6.25. The highest BCUT2D eigenvalue weighted by molar-refractivity contribution is 5.94. The summed E-state index contributed by atoms with van der Waals surface area (Å²) in [5, 5.41) is 0. The first kappa shape index (κ1) is 9.74. The van der Waals surface area contributed by atoms with Crippen LogP contribution in [0.15, 0.2) is 24.3 Å². The first-order valence-corrected chi connectivity index (χ1v) is 4.18. The third kappa shape index (κ3) is 2.56. The van der Waals surface area contributed by atoms with Gasteiger partial charge in [0.2, 0.25) is 5.91 Å².